The van der Waals surface area contributed by atoms with Gasteiger partial charge in [0.05, 0.1) is 5.75 Å². The van der Waals surface area contributed by atoms with E-state index in [-0.39, 0.29) is 18.0 Å². The van der Waals surface area contributed by atoms with Crippen LogP contribution in [0.15, 0.2) is 113 Å². The van der Waals surface area contributed by atoms with E-state index in [0.29, 0.717) is 5.75 Å². The lowest BCUT2D eigenvalue weighted by atomic mass is 9.84. The van der Waals surface area contributed by atoms with Gasteiger partial charge in [-0.2, -0.15) is 0 Å². The normalized spacial score (nSPS) is 18.3. The number of carbonyl (C=O) groups is 1. The maximum absolute atomic E-state index is 13.4. The number of thioether (sulfide) groups is 1. The van der Waals surface area contributed by atoms with Gasteiger partial charge in [0.25, 0.3) is 0 Å². The summed E-state index contributed by atoms with van der Waals surface area (Å²) < 4.78 is 0. The summed E-state index contributed by atoms with van der Waals surface area (Å²) in [6, 6.07) is 30.9. The lowest BCUT2D eigenvalue weighted by molar-refractivity contribution is -0.116. The third-order valence-electron chi connectivity index (χ3n) is 6.75. The molecule has 3 aromatic rings. The minimum atomic E-state index is -0.0372. The van der Waals surface area contributed by atoms with E-state index < -0.39 is 0 Å². The average molecular weight is 508 g/mol. The Morgan fingerprint density at radius 1 is 0.973 bits per heavy atom. The summed E-state index contributed by atoms with van der Waals surface area (Å²) in [6.07, 6.45) is 5.44. The first-order valence-electron chi connectivity index (χ1n) is 13.0. The van der Waals surface area contributed by atoms with Gasteiger partial charge in [0.1, 0.15) is 6.04 Å². The molecule has 2 aliphatic rings. The van der Waals surface area contributed by atoms with Crippen molar-refractivity contribution >= 4 is 34.6 Å². The number of para-hydroxylation sites is 1. The number of nitrogens with zero attached hydrogens (tertiary/aromatic N) is 2. The number of hydrogen-bond acceptors (Lipinski definition) is 4. The second-order valence-corrected chi connectivity index (χ2v) is 10.7. The quantitative estimate of drug-likeness (QED) is 0.378. The van der Waals surface area contributed by atoms with Crippen molar-refractivity contribution in [3.05, 3.63) is 119 Å². The van der Waals surface area contributed by atoms with Crippen LogP contribution < -0.4 is 10.2 Å². The van der Waals surface area contributed by atoms with Crippen LogP contribution in [-0.2, 0) is 4.79 Å². The highest BCUT2D eigenvalue weighted by Gasteiger charge is 2.30. The Labute approximate surface area is 224 Å². The van der Waals surface area contributed by atoms with Crippen molar-refractivity contribution in [2.75, 3.05) is 10.7 Å². The lowest BCUT2D eigenvalue weighted by Gasteiger charge is -2.33. The highest BCUT2D eigenvalue weighted by molar-refractivity contribution is 8.14. The summed E-state index contributed by atoms with van der Waals surface area (Å²) in [5.41, 5.74) is 7.14. The Bertz CT molecular complexity index is 1310. The first-order chi connectivity index (χ1) is 18.1. The maximum Gasteiger partial charge on any atom is 0.237 e. The smallest absolute Gasteiger partial charge is 0.237 e. The summed E-state index contributed by atoms with van der Waals surface area (Å²) in [4.78, 5) is 20.4. The molecule has 0 fully saturated rings. The van der Waals surface area contributed by atoms with Gasteiger partial charge < -0.3 is 10.2 Å². The summed E-state index contributed by atoms with van der Waals surface area (Å²) in [5, 5.41) is 4.45. The molecule has 0 saturated heterocycles. The van der Waals surface area contributed by atoms with Gasteiger partial charge in [0, 0.05) is 17.4 Å². The van der Waals surface area contributed by atoms with Crippen LogP contribution in [-0.4, -0.2) is 22.9 Å². The van der Waals surface area contributed by atoms with Crippen molar-refractivity contribution in [2.45, 2.75) is 45.2 Å². The van der Waals surface area contributed by atoms with Gasteiger partial charge in [0.2, 0.25) is 5.91 Å². The number of benzene rings is 3. The van der Waals surface area contributed by atoms with Gasteiger partial charge in [-0.25, -0.2) is 4.99 Å². The Morgan fingerprint density at radius 3 is 2.30 bits per heavy atom. The average Bonchev–Trinajstić information content (AvgIpc) is 2.93. The largest absolute Gasteiger partial charge is 0.335 e. The highest BCUT2D eigenvalue weighted by Crippen LogP contribution is 2.41. The zero-order valence-electron chi connectivity index (χ0n) is 21.4. The van der Waals surface area contributed by atoms with Crippen LogP contribution in [0.5, 0.6) is 0 Å². The third kappa shape index (κ3) is 5.89. The van der Waals surface area contributed by atoms with Crippen molar-refractivity contribution in [3.8, 4) is 0 Å². The number of aliphatic imine (C=N–C) groups is 1. The number of amidine groups is 1. The zero-order chi connectivity index (χ0) is 25.6. The topological polar surface area (TPSA) is 44.7 Å². The van der Waals surface area contributed by atoms with Crippen LogP contribution in [0.1, 0.15) is 50.3 Å². The molecule has 1 aliphatic heterocycles. The minimum absolute atomic E-state index is 0.0372. The number of hydrogen-bond donors (Lipinski definition) is 1. The number of allylic oxidation sites excluding steroid dienone is 1. The first-order valence-corrected chi connectivity index (χ1v) is 14.0. The second-order valence-electron chi connectivity index (χ2n) is 9.69. The van der Waals surface area contributed by atoms with Gasteiger partial charge in [-0.15, -0.1) is 0 Å². The highest BCUT2D eigenvalue weighted by atomic mass is 32.2. The van der Waals surface area contributed by atoms with Crippen LogP contribution >= 0.6 is 11.8 Å². The fraction of sp³-hybridized carbons (Fsp3) is 0.250. The lowest BCUT2D eigenvalue weighted by Crippen LogP contribution is -2.39. The van der Waals surface area contributed by atoms with Crippen LogP contribution in [0.2, 0.25) is 0 Å². The van der Waals surface area contributed by atoms with Crippen molar-refractivity contribution < 1.29 is 4.79 Å². The Morgan fingerprint density at radius 2 is 1.62 bits per heavy atom. The third-order valence-corrected chi connectivity index (χ3v) is 7.62. The molecule has 0 radical (unpaired) electrons. The molecule has 1 N–H and O–H groups in total. The standard InChI is InChI=1S/C32H33N3OS/c1-23(2)35(27-18-10-5-11-19-27)29(36)22-37-32-33-30(25-15-8-4-9-16-25)28-20-12-17-26(31(28)34-32)21-24-13-6-3-7-14-24/h3-11,13-16,18-19,21,23,30H,12,17,20,22H2,1-2H3,(H,33,34)/b26-21-/t30-/m1/s1. The molecular formula is C32H33N3OS. The molecule has 5 heteroatoms. The fourth-order valence-electron chi connectivity index (χ4n) is 5.09. The van der Waals surface area contributed by atoms with Crippen LogP contribution in [0.3, 0.4) is 0 Å². The summed E-state index contributed by atoms with van der Waals surface area (Å²) in [5.74, 6) is 0.399. The van der Waals surface area contributed by atoms with E-state index in [9.17, 15) is 4.79 Å². The predicted octanol–water partition coefficient (Wildman–Crippen LogP) is 7.38. The zero-order valence-corrected chi connectivity index (χ0v) is 22.2. The van der Waals surface area contributed by atoms with Crippen molar-refractivity contribution in [1.82, 2.24) is 5.32 Å². The molecule has 1 aliphatic carbocycles. The van der Waals surface area contributed by atoms with E-state index in [2.05, 4.69) is 73.8 Å². The maximum atomic E-state index is 13.4. The molecule has 0 spiro atoms. The van der Waals surface area contributed by atoms with E-state index in [1.165, 1.54) is 39.7 Å². The molecule has 0 unspecified atom stereocenters. The van der Waals surface area contributed by atoms with Crippen molar-refractivity contribution in [1.29, 1.82) is 0 Å². The molecule has 188 valence electrons. The van der Waals surface area contributed by atoms with E-state index in [4.69, 9.17) is 4.99 Å². The summed E-state index contributed by atoms with van der Waals surface area (Å²) in [6.45, 7) is 4.11. The van der Waals surface area contributed by atoms with Crippen molar-refractivity contribution in [2.24, 2.45) is 4.99 Å². The molecule has 1 heterocycles. The Hall–Kier alpha value is -3.57. The Balaban J connectivity index is 1.43. The SMILES string of the molecule is CC(C)N(C(=O)CSC1=N[C@H](c2ccccc2)C2=C(N1)/C(=C\c1ccccc1)CCC2)c1ccccc1. The van der Waals surface area contributed by atoms with Crippen LogP contribution in [0.4, 0.5) is 5.69 Å². The van der Waals surface area contributed by atoms with Crippen molar-refractivity contribution in [3.63, 3.8) is 0 Å². The van der Waals surface area contributed by atoms with E-state index in [0.717, 1.165) is 30.1 Å². The number of amides is 1. The van der Waals surface area contributed by atoms with Gasteiger partial charge in [-0.1, -0.05) is 90.6 Å². The van der Waals surface area contributed by atoms with E-state index >= 15 is 0 Å². The van der Waals surface area contributed by atoms with Gasteiger partial charge in [-0.3, -0.25) is 4.79 Å². The number of anilines is 1. The molecule has 37 heavy (non-hydrogen) atoms. The molecule has 0 aromatic heterocycles. The van der Waals surface area contributed by atoms with Crippen LogP contribution in [0, 0.1) is 0 Å². The first kappa shape index (κ1) is 25.1. The monoisotopic (exact) mass is 507 g/mol. The summed E-state index contributed by atoms with van der Waals surface area (Å²) in [7, 11) is 0. The molecule has 1 amide bonds. The minimum Gasteiger partial charge on any atom is -0.335 e. The second kappa shape index (κ2) is 11.7. The van der Waals surface area contributed by atoms with Gasteiger partial charge in [-0.05, 0) is 73.6 Å². The molecule has 0 saturated carbocycles. The number of nitrogens with one attached hydrogen (secondary N) is 1. The molecule has 0 bridgehead atoms. The number of carbonyl (C=O) groups excluding carboxylic acids is 1. The molecule has 1 atom stereocenters. The molecular weight excluding hydrogens is 474 g/mol. The van der Waals surface area contributed by atoms with E-state index in [1.807, 2.05) is 47.4 Å². The molecule has 5 rings (SSSR count). The number of rotatable bonds is 6. The van der Waals surface area contributed by atoms with Gasteiger partial charge in [0.15, 0.2) is 5.17 Å². The summed E-state index contributed by atoms with van der Waals surface area (Å²) >= 11 is 1.49. The fourth-order valence-corrected chi connectivity index (χ4v) is 5.84. The molecule has 4 nitrogen and oxygen atoms in total. The van der Waals surface area contributed by atoms with Gasteiger partial charge >= 0.3 is 0 Å². The Kier molecular flexibility index (Phi) is 7.90. The van der Waals surface area contributed by atoms with Crippen LogP contribution in [0.25, 0.3) is 6.08 Å². The predicted molar refractivity (Wildman–Crippen MR) is 157 cm³/mol. The molecule has 3 aromatic carbocycles. The van der Waals surface area contributed by atoms with E-state index in [1.54, 1.807) is 0 Å².